The molecule has 1 fully saturated rings. The van der Waals surface area contributed by atoms with Gasteiger partial charge in [0.2, 0.25) is 0 Å². The van der Waals surface area contributed by atoms with Gasteiger partial charge < -0.3 is 9.80 Å². The van der Waals surface area contributed by atoms with Crippen LogP contribution >= 0.6 is 11.6 Å². The Hall–Kier alpha value is -2.12. The number of aromatic amines is 1. The first-order chi connectivity index (χ1) is 13.0. The Kier molecular flexibility index (Phi) is 6.68. The van der Waals surface area contributed by atoms with Crippen LogP contribution in [0.2, 0.25) is 5.02 Å². The molecule has 1 amide bonds. The summed E-state index contributed by atoms with van der Waals surface area (Å²) in [4.78, 5) is 27.6. The summed E-state index contributed by atoms with van der Waals surface area (Å²) in [5, 5.41) is 3.17. The zero-order valence-corrected chi connectivity index (χ0v) is 16.3. The van der Waals surface area contributed by atoms with Gasteiger partial charge in [0, 0.05) is 31.7 Å². The summed E-state index contributed by atoms with van der Waals surface area (Å²) in [5.41, 5.74) is 0.800. The Morgan fingerprint density at radius 3 is 2.89 bits per heavy atom. The van der Waals surface area contributed by atoms with Crippen molar-refractivity contribution in [1.82, 2.24) is 15.1 Å². The van der Waals surface area contributed by atoms with E-state index >= 15 is 0 Å². The molecule has 0 saturated carbocycles. The van der Waals surface area contributed by atoms with Gasteiger partial charge in [-0.15, -0.1) is 0 Å². The number of hydrogen-bond acceptors (Lipinski definition) is 4. The molecule has 1 atom stereocenters. The Balaban J connectivity index is 1.45. The highest BCUT2D eigenvalue weighted by Crippen LogP contribution is 2.18. The fraction of sp³-hybridized carbons (Fsp3) is 0.526. The Morgan fingerprint density at radius 2 is 2.19 bits per heavy atom. The van der Waals surface area contributed by atoms with Crippen molar-refractivity contribution in [1.29, 1.82) is 0 Å². The molecule has 1 aliphatic rings. The molecule has 1 aromatic carbocycles. The average Bonchev–Trinajstić information content (AvgIpc) is 3.06. The quantitative estimate of drug-likeness (QED) is 0.720. The number of amides is 1. The fourth-order valence-electron chi connectivity index (χ4n) is 3.56. The molecule has 27 heavy (non-hydrogen) atoms. The highest BCUT2D eigenvalue weighted by molar-refractivity contribution is 6.30. The van der Waals surface area contributed by atoms with E-state index in [4.69, 9.17) is 11.6 Å². The van der Waals surface area contributed by atoms with Gasteiger partial charge in [-0.3, -0.25) is 9.32 Å². The second kappa shape index (κ2) is 9.19. The predicted molar refractivity (Wildman–Crippen MR) is 101 cm³/mol. The number of halogens is 1. The van der Waals surface area contributed by atoms with E-state index in [-0.39, 0.29) is 12.5 Å². The first-order valence-corrected chi connectivity index (χ1v) is 9.66. The van der Waals surface area contributed by atoms with Crippen molar-refractivity contribution in [2.24, 2.45) is 5.92 Å². The van der Waals surface area contributed by atoms with Crippen LogP contribution in [0, 0.1) is 5.92 Å². The van der Waals surface area contributed by atoms with Gasteiger partial charge in [-0.25, -0.2) is 4.79 Å². The van der Waals surface area contributed by atoms with Crippen LogP contribution < -0.4 is 10.3 Å². The number of likely N-dealkylation sites (N-methyl/N-ethyl adjacent to an activating group) is 1. The lowest BCUT2D eigenvalue weighted by Crippen LogP contribution is -2.47. The molecule has 0 bridgehead atoms. The van der Waals surface area contributed by atoms with E-state index in [1.807, 2.05) is 19.2 Å². The molecule has 1 aliphatic heterocycles. The van der Waals surface area contributed by atoms with Crippen molar-refractivity contribution in [3.63, 3.8) is 0 Å². The number of piperidine rings is 1. The SMILES string of the molecule is CN(CC1CCCN(CCc2ccc(Cl)cc2)C1)C(=O)C[n+]1cc(=O)o[nH]1. The van der Waals surface area contributed by atoms with Crippen molar-refractivity contribution in [2.45, 2.75) is 25.8 Å². The third-order valence-corrected chi connectivity index (χ3v) is 5.27. The van der Waals surface area contributed by atoms with Crippen LogP contribution in [0.5, 0.6) is 0 Å². The molecular weight excluding hydrogens is 368 g/mol. The number of hydrogen-bond donors (Lipinski definition) is 1. The smallest absolute Gasteiger partial charge is 0.340 e. The summed E-state index contributed by atoms with van der Waals surface area (Å²) in [5.74, 6) is 0.418. The third-order valence-electron chi connectivity index (χ3n) is 5.02. The Labute approximate surface area is 163 Å². The molecule has 1 saturated heterocycles. The van der Waals surface area contributed by atoms with Crippen molar-refractivity contribution in [3.05, 3.63) is 51.5 Å². The molecule has 1 aromatic heterocycles. The van der Waals surface area contributed by atoms with Crippen LogP contribution in [0.1, 0.15) is 18.4 Å². The summed E-state index contributed by atoms with van der Waals surface area (Å²) >= 11 is 5.94. The highest BCUT2D eigenvalue weighted by Gasteiger charge is 2.24. The normalized spacial score (nSPS) is 17.8. The van der Waals surface area contributed by atoms with Gasteiger partial charge >= 0.3 is 5.63 Å². The molecule has 1 unspecified atom stereocenters. The summed E-state index contributed by atoms with van der Waals surface area (Å²) in [6.45, 7) is 3.92. The number of aromatic nitrogens is 2. The number of nitrogens with zero attached hydrogens (tertiary/aromatic N) is 3. The van der Waals surface area contributed by atoms with Crippen LogP contribution in [-0.2, 0) is 17.8 Å². The van der Waals surface area contributed by atoms with Crippen molar-refractivity contribution in [2.75, 3.05) is 33.2 Å². The summed E-state index contributed by atoms with van der Waals surface area (Å²) in [6, 6.07) is 8.02. The van der Waals surface area contributed by atoms with E-state index in [0.717, 1.165) is 50.5 Å². The second-order valence-electron chi connectivity index (χ2n) is 7.23. The van der Waals surface area contributed by atoms with Gasteiger partial charge in [-0.1, -0.05) is 28.4 Å². The molecule has 7 nitrogen and oxygen atoms in total. The lowest BCUT2D eigenvalue weighted by atomic mass is 9.97. The summed E-state index contributed by atoms with van der Waals surface area (Å²) in [6.07, 6.45) is 4.52. The number of carbonyl (C=O) groups is 1. The van der Waals surface area contributed by atoms with E-state index < -0.39 is 5.63 Å². The molecule has 0 radical (unpaired) electrons. The van der Waals surface area contributed by atoms with Crippen LogP contribution in [0.15, 0.2) is 39.8 Å². The number of likely N-dealkylation sites (tertiary alicyclic amines) is 1. The Bertz CT molecular complexity index is 802. The fourth-order valence-corrected chi connectivity index (χ4v) is 3.68. The maximum absolute atomic E-state index is 12.3. The van der Waals surface area contributed by atoms with Crippen LogP contribution in [0.3, 0.4) is 0 Å². The topological polar surface area (TPSA) is 73.4 Å². The minimum Gasteiger partial charge on any atom is -0.340 e. The van der Waals surface area contributed by atoms with E-state index in [0.29, 0.717) is 5.92 Å². The van der Waals surface area contributed by atoms with Gasteiger partial charge in [-0.2, -0.15) is 0 Å². The highest BCUT2D eigenvalue weighted by atomic mass is 35.5. The minimum absolute atomic E-state index is 0.0460. The standard InChI is InChI=1S/C19H25ClN4O3/c1-22(18(25)13-24-14-19(26)27-21-24)11-16-3-2-9-23(12-16)10-8-15-4-6-17(20)7-5-15/h4-7,14,16H,2-3,8-13H2,1H3/p+1. The Morgan fingerprint density at radius 1 is 1.41 bits per heavy atom. The number of H-pyrrole nitrogens is 1. The summed E-state index contributed by atoms with van der Waals surface area (Å²) < 4.78 is 5.94. The first kappa shape index (κ1) is 19.6. The van der Waals surface area contributed by atoms with E-state index in [2.05, 4.69) is 26.8 Å². The molecule has 8 heteroatoms. The molecule has 0 spiro atoms. The average molecular weight is 394 g/mol. The van der Waals surface area contributed by atoms with E-state index in [9.17, 15) is 9.59 Å². The van der Waals surface area contributed by atoms with Crippen LogP contribution in [-0.4, -0.2) is 54.2 Å². The van der Waals surface area contributed by atoms with Crippen molar-refractivity contribution in [3.8, 4) is 0 Å². The molecule has 2 heterocycles. The zero-order valence-electron chi connectivity index (χ0n) is 15.6. The molecule has 0 aliphatic carbocycles. The number of carbonyl (C=O) groups excluding carboxylic acids is 1. The van der Waals surface area contributed by atoms with Gasteiger partial charge in [0.1, 0.15) is 0 Å². The van der Waals surface area contributed by atoms with Gasteiger partial charge in [0.25, 0.3) is 18.6 Å². The zero-order chi connectivity index (χ0) is 19.2. The molecule has 2 aromatic rings. The summed E-state index contributed by atoms with van der Waals surface area (Å²) in [7, 11) is 1.81. The number of rotatable bonds is 7. The third kappa shape index (κ3) is 5.94. The first-order valence-electron chi connectivity index (χ1n) is 9.28. The predicted octanol–water partition coefficient (Wildman–Crippen LogP) is 1.32. The number of benzene rings is 1. The molecule has 1 N–H and O–H groups in total. The second-order valence-corrected chi connectivity index (χ2v) is 7.67. The minimum atomic E-state index is -0.492. The maximum atomic E-state index is 12.3. The van der Waals surface area contributed by atoms with E-state index in [1.54, 1.807) is 4.90 Å². The van der Waals surface area contributed by atoms with Gasteiger partial charge in [0.15, 0.2) is 0 Å². The van der Waals surface area contributed by atoms with E-state index in [1.165, 1.54) is 16.4 Å². The van der Waals surface area contributed by atoms with Crippen LogP contribution in [0.4, 0.5) is 0 Å². The van der Waals surface area contributed by atoms with Crippen molar-refractivity contribution >= 4 is 17.5 Å². The molecule has 3 rings (SSSR count). The lowest BCUT2D eigenvalue weighted by molar-refractivity contribution is -0.751. The largest absolute Gasteiger partial charge is 0.426 e. The molecule has 146 valence electrons. The maximum Gasteiger partial charge on any atom is 0.426 e. The van der Waals surface area contributed by atoms with Crippen LogP contribution in [0.25, 0.3) is 0 Å². The lowest BCUT2D eigenvalue weighted by Gasteiger charge is -2.34. The molecular formula is C19H26ClN4O3+. The van der Waals surface area contributed by atoms with Gasteiger partial charge in [-0.05, 0) is 54.7 Å². The van der Waals surface area contributed by atoms with Crippen molar-refractivity contribution < 1.29 is 14.0 Å². The number of nitrogens with one attached hydrogen (secondary N) is 1. The monoisotopic (exact) mass is 393 g/mol. The van der Waals surface area contributed by atoms with Gasteiger partial charge in [0.05, 0.1) is 0 Å².